The van der Waals surface area contributed by atoms with Crippen molar-refractivity contribution in [2.45, 2.75) is 25.9 Å². The number of nitrogens with zero attached hydrogens (tertiary/aromatic N) is 2. The normalized spacial score (nSPS) is 28.1. The Kier molecular flexibility index (Phi) is 4.06. The lowest BCUT2D eigenvalue weighted by Gasteiger charge is -2.17. The summed E-state index contributed by atoms with van der Waals surface area (Å²) in [6.45, 7) is 5.26. The molecule has 3 nitrogen and oxygen atoms in total. The van der Waals surface area contributed by atoms with Crippen LogP contribution in [0.15, 0.2) is 4.99 Å². The molecular weight excluding hydrogens is 182 g/mol. The fourth-order valence-corrected chi connectivity index (χ4v) is 1.91. The van der Waals surface area contributed by atoms with Gasteiger partial charge in [0.2, 0.25) is 0 Å². The van der Waals surface area contributed by atoms with Crippen molar-refractivity contribution in [3.8, 4) is 0 Å². The van der Waals surface area contributed by atoms with E-state index in [0.717, 1.165) is 17.5 Å². The van der Waals surface area contributed by atoms with E-state index in [1.54, 1.807) is 0 Å². The molecule has 0 aliphatic carbocycles. The highest BCUT2D eigenvalue weighted by Crippen LogP contribution is 2.13. The summed E-state index contributed by atoms with van der Waals surface area (Å²) in [4.78, 5) is 6.71. The fourth-order valence-electron chi connectivity index (χ4n) is 0.968. The molecule has 76 valence electrons. The number of thioether (sulfide) groups is 1. The highest BCUT2D eigenvalue weighted by molar-refractivity contribution is 8.14. The monoisotopic (exact) mass is 201 g/mol. The SMILES string of the molecule is CC1CSC(=NCC(C)N(C)C)N1. The van der Waals surface area contributed by atoms with Gasteiger partial charge < -0.3 is 10.2 Å². The topological polar surface area (TPSA) is 27.6 Å². The molecule has 0 amide bonds. The van der Waals surface area contributed by atoms with Crippen LogP contribution in [0.4, 0.5) is 0 Å². The molecule has 0 bridgehead atoms. The Morgan fingerprint density at radius 3 is 2.85 bits per heavy atom. The molecule has 0 radical (unpaired) electrons. The first-order valence-electron chi connectivity index (χ1n) is 4.70. The van der Waals surface area contributed by atoms with Crippen LogP contribution in [-0.2, 0) is 0 Å². The van der Waals surface area contributed by atoms with Crippen LogP contribution >= 0.6 is 11.8 Å². The van der Waals surface area contributed by atoms with Gasteiger partial charge in [0.25, 0.3) is 0 Å². The van der Waals surface area contributed by atoms with Gasteiger partial charge in [0.1, 0.15) is 0 Å². The molecule has 1 N–H and O–H groups in total. The Morgan fingerprint density at radius 2 is 2.38 bits per heavy atom. The molecule has 13 heavy (non-hydrogen) atoms. The van der Waals surface area contributed by atoms with Crippen LogP contribution in [0.3, 0.4) is 0 Å². The van der Waals surface area contributed by atoms with Crippen molar-refractivity contribution in [3.63, 3.8) is 0 Å². The van der Waals surface area contributed by atoms with Gasteiger partial charge in [-0.3, -0.25) is 4.99 Å². The van der Waals surface area contributed by atoms with Crippen LogP contribution in [0.2, 0.25) is 0 Å². The van der Waals surface area contributed by atoms with Gasteiger partial charge in [-0.1, -0.05) is 11.8 Å². The van der Waals surface area contributed by atoms with Gasteiger partial charge in [0.05, 0.1) is 6.54 Å². The van der Waals surface area contributed by atoms with E-state index in [1.165, 1.54) is 0 Å². The van der Waals surface area contributed by atoms with Crippen molar-refractivity contribution in [1.82, 2.24) is 10.2 Å². The smallest absolute Gasteiger partial charge is 0.156 e. The second-order valence-electron chi connectivity index (χ2n) is 3.81. The number of rotatable bonds is 3. The van der Waals surface area contributed by atoms with Crippen LogP contribution in [0.5, 0.6) is 0 Å². The summed E-state index contributed by atoms with van der Waals surface area (Å²) in [5.74, 6) is 1.15. The maximum absolute atomic E-state index is 4.52. The molecule has 2 atom stereocenters. The Bertz CT molecular complexity index is 191. The first-order valence-corrected chi connectivity index (χ1v) is 5.68. The third-order valence-electron chi connectivity index (χ3n) is 2.22. The molecule has 0 aromatic rings. The maximum atomic E-state index is 4.52. The molecule has 0 aromatic carbocycles. The van der Waals surface area contributed by atoms with Crippen molar-refractivity contribution in [3.05, 3.63) is 0 Å². The van der Waals surface area contributed by atoms with Crippen LogP contribution in [0, 0.1) is 0 Å². The van der Waals surface area contributed by atoms with E-state index < -0.39 is 0 Å². The first kappa shape index (κ1) is 10.9. The van der Waals surface area contributed by atoms with Crippen LogP contribution in [-0.4, -0.2) is 48.5 Å². The molecular formula is C9H19N3S. The van der Waals surface area contributed by atoms with E-state index in [4.69, 9.17) is 0 Å². The zero-order valence-electron chi connectivity index (χ0n) is 8.87. The van der Waals surface area contributed by atoms with Crippen molar-refractivity contribution in [1.29, 1.82) is 0 Å². The number of nitrogens with one attached hydrogen (secondary N) is 1. The fraction of sp³-hybridized carbons (Fsp3) is 0.889. The van der Waals surface area contributed by atoms with E-state index in [1.807, 2.05) is 11.8 Å². The average molecular weight is 201 g/mol. The Morgan fingerprint density at radius 1 is 1.69 bits per heavy atom. The minimum Gasteiger partial charge on any atom is -0.362 e. The van der Waals surface area contributed by atoms with Gasteiger partial charge >= 0.3 is 0 Å². The molecule has 1 aliphatic heterocycles. The predicted octanol–water partition coefficient (Wildman–Crippen LogP) is 1.02. The predicted molar refractivity (Wildman–Crippen MR) is 60.5 cm³/mol. The second-order valence-corrected chi connectivity index (χ2v) is 4.82. The van der Waals surface area contributed by atoms with E-state index in [0.29, 0.717) is 12.1 Å². The van der Waals surface area contributed by atoms with Gasteiger partial charge in [-0.15, -0.1) is 0 Å². The lowest BCUT2D eigenvalue weighted by molar-refractivity contribution is 0.321. The molecule has 1 fully saturated rings. The average Bonchev–Trinajstić information content (AvgIpc) is 2.47. The summed E-state index contributed by atoms with van der Waals surface area (Å²) in [5, 5.41) is 4.45. The Labute approximate surface area is 85.0 Å². The van der Waals surface area contributed by atoms with E-state index in [9.17, 15) is 0 Å². The summed E-state index contributed by atoms with van der Waals surface area (Å²) >= 11 is 1.82. The molecule has 0 aromatic heterocycles. The largest absolute Gasteiger partial charge is 0.362 e. The van der Waals surface area contributed by atoms with Gasteiger partial charge in [-0.05, 0) is 27.9 Å². The minimum atomic E-state index is 0.519. The van der Waals surface area contributed by atoms with Crippen molar-refractivity contribution in [2.24, 2.45) is 4.99 Å². The number of aliphatic imine (C=N–C) groups is 1. The summed E-state index contributed by atoms with van der Waals surface area (Å²) < 4.78 is 0. The zero-order chi connectivity index (χ0) is 9.84. The number of likely N-dealkylation sites (N-methyl/N-ethyl adjacent to an activating group) is 1. The highest BCUT2D eigenvalue weighted by atomic mass is 32.2. The number of hydrogen-bond acceptors (Lipinski definition) is 3. The van der Waals surface area contributed by atoms with Crippen LogP contribution < -0.4 is 5.32 Å². The van der Waals surface area contributed by atoms with Crippen molar-refractivity contribution in [2.75, 3.05) is 26.4 Å². The Hall–Kier alpha value is -0.220. The van der Waals surface area contributed by atoms with E-state index in [2.05, 4.69) is 43.2 Å². The maximum Gasteiger partial charge on any atom is 0.156 e. The van der Waals surface area contributed by atoms with E-state index >= 15 is 0 Å². The van der Waals surface area contributed by atoms with Gasteiger partial charge in [-0.25, -0.2) is 0 Å². The van der Waals surface area contributed by atoms with Crippen molar-refractivity contribution >= 4 is 16.9 Å². The summed E-state index contributed by atoms with van der Waals surface area (Å²) in [6, 6.07) is 1.10. The molecule has 1 rings (SSSR count). The molecule has 0 spiro atoms. The summed E-state index contributed by atoms with van der Waals surface area (Å²) in [7, 11) is 4.17. The number of hydrogen-bond donors (Lipinski definition) is 1. The molecule has 1 aliphatic rings. The summed E-state index contributed by atoms with van der Waals surface area (Å²) in [6.07, 6.45) is 0. The van der Waals surface area contributed by atoms with Crippen molar-refractivity contribution < 1.29 is 0 Å². The zero-order valence-corrected chi connectivity index (χ0v) is 9.69. The molecule has 1 saturated heterocycles. The number of amidine groups is 1. The second kappa shape index (κ2) is 4.86. The van der Waals surface area contributed by atoms with Crippen LogP contribution in [0.1, 0.15) is 13.8 Å². The molecule has 0 saturated carbocycles. The highest BCUT2D eigenvalue weighted by Gasteiger charge is 2.15. The quantitative estimate of drug-likeness (QED) is 0.739. The van der Waals surface area contributed by atoms with E-state index in [-0.39, 0.29) is 0 Å². The van der Waals surface area contributed by atoms with Crippen LogP contribution in [0.25, 0.3) is 0 Å². The van der Waals surface area contributed by atoms with Gasteiger partial charge in [0, 0.05) is 17.8 Å². The molecule has 2 unspecified atom stereocenters. The third-order valence-corrected chi connectivity index (χ3v) is 3.41. The van der Waals surface area contributed by atoms with Gasteiger partial charge in [0.15, 0.2) is 5.17 Å². The lowest BCUT2D eigenvalue weighted by atomic mass is 10.3. The first-order chi connectivity index (χ1) is 6.09. The Balaban J connectivity index is 2.31. The summed E-state index contributed by atoms with van der Waals surface area (Å²) in [5.41, 5.74) is 0. The lowest BCUT2D eigenvalue weighted by Crippen LogP contribution is -2.29. The minimum absolute atomic E-state index is 0.519. The standard InChI is InChI=1S/C9H19N3S/c1-7-6-13-9(11-7)10-5-8(2)12(3)4/h7-8H,5-6H2,1-4H3,(H,10,11). The van der Waals surface area contributed by atoms with Gasteiger partial charge in [-0.2, -0.15) is 0 Å². The third kappa shape index (κ3) is 3.56. The molecule has 4 heteroatoms. The molecule has 1 heterocycles.